The molecule has 11 heteroatoms. The standard InChI is InChI=1S/C21H25N5O5S/c1-12-5-6-14-17(12)23-15-4-2-3-13(15)18(14)24-20(27)25-32(28,29)16-7-22-26-8-21(9-30-10-21)11-31-19(16)26/h7,12H,2-6,8-11H2,1H3,(H2,23,24,25,27). The van der Waals surface area contributed by atoms with E-state index in [-0.39, 0.29) is 16.2 Å². The van der Waals surface area contributed by atoms with E-state index in [1.54, 1.807) is 0 Å². The summed E-state index contributed by atoms with van der Waals surface area (Å²) in [5, 5.41) is 7.01. The van der Waals surface area contributed by atoms with Crippen molar-refractivity contribution < 1.29 is 22.7 Å². The lowest BCUT2D eigenvalue weighted by Gasteiger charge is -2.43. The maximum absolute atomic E-state index is 13.0. The molecule has 0 bridgehead atoms. The number of rotatable bonds is 3. The summed E-state index contributed by atoms with van der Waals surface area (Å²) in [6, 6.07) is -0.785. The van der Waals surface area contributed by atoms with Crippen LogP contribution in [-0.2, 0) is 40.6 Å². The van der Waals surface area contributed by atoms with Crippen LogP contribution in [0, 0.1) is 5.41 Å². The molecular formula is C21H25N5O5S. The van der Waals surface area contributed by atoms with Gasteiger partial charge >= 0.3 is 6.03 Å². The number of sulfonamides is 1. The largest absolute Gasteiger partial charge is 0.476 e. The topological polar surface area (TPSA) is 124 Å². The van der Waals surface area contributed by atoms with Gasteiger partial charge in [0.25, 0.3) is 10.0 Å². The number of anilines is 1. The van der Waals surface area contributed by atoms with Gasteiger partial charge in [-0.3, -0.25) is 4.98 Å². The smallest absolute Gasteiger partial charge is 0.333 e. The Kier molecular flexibility index (Phi) is 4.32. The minimum Gasteiger partial charge on any atom is -0.476 e. The van der Waals surface area contributed by atoms with Crippen LogP contribution in [-0.4, -0.2) is 49.0 Å². The fourth-order valence-corrected chi connectivity index (χ4v) is 6.20. The van der Waals surface area contributed by atoms with Crippen LogP contribution in [0.25, 0.3) is 0 Å². The van der Waals surface area contributed by atoms with Gasteiger partial charge in [0, 0.05) is 11.4 Å². The predicted octanol–water partition coefficient (Wildman–Crippen LogP) is 1.74. The molecule has 10 nitrogen and oxygen atoms in total. The highest BCUT2D eigenvalue weighted by Gasteiger charge is 2.45. The maximum Gasteiger partial charge on any atom is 0.333 e. The summed E-state index contributed by atoms with van der Waals surface area (Å²) in [5.74, 6) is 0.492. The lowest BCUT2D eigenvalue weighted by molar-refractivity contribution is -0.154. The third-order valence-electron chi connectivity index (χ3n) is 6.98. The number of pyridine rings is 1. The second-order valence-electron chi connectivity index (χ2n) is 9.38. The molecule has 1 saturated heterocycles. The average molecular weight is 460 g/mol. The minimum atomic E-state index is -4.16. The Morgan fingerprint density at radius 3 is 2.84 bits per heavy atom. The van der Waals surface area contributed by atoms with E-state index in [2.05, 4.69) is 22.1 Å². The van der Waals surface area contributed by atoms with Crippen LogP contribution >= 0.6 is 0 Å². The molecule has 2 aromatic rings. The first-order valence-electron chi connectivity index (χ1n) is 11.0. The maximum atomic E-state index is 13.0. The number of urea groups is 1. The van der Waals surface area contributed by atoms with Crippen LogP contribution in [0.15, 0.2) is 11.1 Å². The number of amides is 2. The van der Waals surface area contributed by atoms with Gasteiger partial charge in [-0.2, -0.15) is 5.10 Å². The van der Waals surface area contributed by atoms with Crippen molar-refractivity contribution in [3.05, 3.63) is 28.7 Å². The van der Waals surface area contributed by atoms with Crippen molar-refractivity contribution in [1.29, 1.82) is 0 Å². The van der Waals surface area contributed by atoms with E-state index in [1.165, 1.54) is 10.9 Å². The monoisotopic (exact) mass is 459 g/mol. The number of aromatic nitrogens is 3. The van der Waals surface area contributed by atoms with E-state index < -0.39 is 16.1 Å². The molecule has 4 heterocycles. The summed E-state index contributed by atoms with van der Waals surface area (Å²) in [4.78, 5) is 17.5. The fraction of sp³-hybridized carbons (Fsp3) is 0.571. The second-order valence-corrected chi connectivity index (χ2v) is 11.0. The molecule has 1 atom stereocenters. The lowest BCUT2D eigenvalue weighted by Crippen LogP contribution is -2.52. The Hall–Kier alpha value is -2.66. The van der Waals surface area contributed by atoms with Crippen molar-refractivity contribution in [2.75, 3.05) is 25.1 Å². The molecule has 0 saturated carbocycles. The number of hydrogen-bond donors (Lipinski definition) is 2. The number of aryl methyl sites for hydroxylation is 1. The van der Waals surface area contributed by atoms with Crippen molar-refractivity contribution in [3.63, 3.8) is 0 Å². The van der Waals surface area contributed by atoms with Crippen molar-refractivity contribution in [1.82, 2.24) is 19.5 Å². The van der Waals surface area contributed by atoms with Gasteiger partial charge in [0.05, 0.1) is 37.1 Å². The molecule has 170 valence electrons. The van der Waals surface area contributed by atoms with Crippen LogP contribution < -0.4 is 14.8 Å². The fourth-order valence-electron chi connectivity index (χ4n) is 5.22. The summed E-state index contributed by atoms with van der Waals surface area (Å²) in [6.07, 6.45) is 5.74. The normalized spacial score (nSPS) is 22.5. The van der Waals surface area contributed by atoms with Gasteiger partial charge in [0.15, 0.2) is 4.90 Å². The molecule has 0 radical (unpaired) electrons. The molecule has 2 aliphatic heterocycles. The Labute approximate surface area is 185 Å². The van der Waals surface area contributed by atoms with Crippen LogP contribution in [0.3, 0.4) is 0 Å². The molecule has 32 heavy (non-hydrogen) atoms. The Morgan fingerprint density at radius 2 is 2.06 bits per heavy atom. The predicted molar refractivity (Wildman–Crippen MR) is 113 cm³/mol. The van der Waals surface area contributed by atoms with Crippen LogP contribution in [0.2, 0.25) is 0 Å². The number of hydrogen-bond acceptors (Lipinski definition) is 7. The Balaban J connectivity index is 1.25. The lowest BCUT2D eigenvalue weighted by atomic mass is 9.86. The number of ether oxygens (including phenoxy) is 2. The van der Waals surface area contributed by atoms with Crippen molar-refractivity contribution in [2.24, 2.45) is 5.41 Å². The van der Waals surface area contributed by atoms with Gasteiger partial charge < -0.3 is 14.8 Å². The van der Waals surface area contributed by atoms with Crippen LogP contribution in [0.5, 0.6) is 5.88 Å². The molecular weight excluding hydrogens is 434 g/mol. The number of carbonyl (C=O) groups is 1. The first-order valence-corrected chi connectivity index (χ1v) is 12.5. The SMILES string of the molecule is CC1CCc2c1nc1c(c2NC(=O)NS(=O)(=O)c2cnn3c2OCC2(COC2)C3)CCC1. The highest BCUT2D eigenvalue weighted by Crippen LogP contribution is 2.41. The van der Waals surface area contributed by atoms with Crippen molar-refractivity contribution in [2.45, 2.75) is 56.4 Å². The molecule has 1 unspecified atom stereocenters. The molecule has 2 N–H and O–H groups in total. The quantitative estimate of drug-likeness (QED) is 0.716. The zero-order valence-electron chi connectivity index (χ0n) is 17.8. The number of carbonyl (C=O) groups excluding carboxylic acids is 1. The van der Waals surface area contributed by atoms with Crippen LogP contribution in [0.1, 0.15) is 48.2 Å². The van der Waals surface area contributed by atoms with Gasteiger partial charge in [-0.15, -0.1) is 0 Å². The summed E-state index contributed by atoms with van der Waals surface area (Å²) < 4.78 is 40.7. The molecule has 0 aromatic carbocycles. The molecule has 2 amide bonds. The minimum absolute atomic E-state index is 0.137. The molecule has 2 aliphatic carbocycles. The Morgan fingerprint density at radius 1 is 1.22 bits per heavy atom. The summed E-state index contributed by atoms with van der Waals surface area (Å²) in [7, 11) is -4.16. The number of fused-ring (bicyclic) bond motifs is 3. The molecule has 1 spiro atoms. The van der Waals surface area contributed by atoms with Crippen LogP contribution in [0.4, 0.5) is 10.5 Å². The van der Waals surface area contributed by atoms with E-state index in [9.17, 15) is 13.2 Å². The zero-order valence-corrected chi connectivity index (χ0v) is 18.6. The van der Waals surface area contributed by atoms with Crippen molar-refractivity contribution >= 4 is 21.7 Å². The first kappa shape index (κ1) is 20.0. The first-order chi connectivity index (χ1) is 15.4. The summed E-state index contributed by atoms with van der Waals surface area (Å²) in [5.41, 5.74) is 4.69. The Bertz CT molecular complexity index is 1230. The molecule has 2 aromatic heterocycles. The third kappa shape index (κ3) is 3.01. The third-order valence-corrected chi connectivity index (χ3v) is 8.30. The zero-order chi connectivity index (χ0) is 22.1. The van der Waals surface area contributed by atoms with E-state index in [1.807, 2.05) is 0 Å². The van der Waals surface area contributed by atoms with E-state index in [4.69, 9.17) is 14.5 Å². The number of nitrogens with zero attached hydrogens (tertiary/aromatic N) is 3. The van der Waals surface area contributed by atoms with Crippen molar-refractivity contribution in [3.8, 4) is 5.88 Å². The van der Waals surface area contributed by atoms with Gasteiger partial charge in [0.2, 0.25) is 5.88 Å². The highest BCUT2D eigenvalue weighted by atomic mass is 32.2. The van der Waals surface area contributed by atoms with E-state index >= 15 is 0 Å². The van der Waals surface area contributed by atoms with E-state index in [0.29, 0.717) is 32.3 Å². The molecule has 4 aliphatic rings. The van der Waals surface area contributed by atoms with Gasteiger partial charge in [0.1, 0.15) is 6.61 Å². The number of nitrogens with one attached hydrogen (secondary N) is 2. The van der Waals surface area contributed by atoms with E-state index in [0.717, 1.165) is 60.3 Å². The highest BCUT2D eigenvalue weighted by molar-refractivity contribution is 7.90. The summed E-state index contributed by atoms with van der Waals surface area (Å²) >= 11 is 0. The molecule has 6 rings (SSSR count). The van der Waals surface area contributed by atoms with Gasteiger partial charge in [-0.05, 0) is 49.1 Å². The summed E-state index contributed by atoms with van der Waals surface area (Å²) in [6.45, 7) is 4.15. The molecule has 1 fully saturated rings. The second kappa shape index (κ2) is 6.92. The average Bonchev–Trinajstić information content (AvgIpc) is 3.44. The van der Waals surface area contributed by atoms with Gasteiger partial charge in [-0.25, -0.2) is 22.6 Å². The van der Waals surface area contributed by atoms with Gasteiger partial charge in [-0.1, -0.05) is 6.92 Å².